The van der Waals surface area contributed by atoms with E-state index < -0.39 is 0 Å². The van der Waals surface area contributed by atoms with Gasteiger partial charge in [0.1, 0.15) is 0 Å². The number of nitriles is 1. The van der Waals surface area contributed by atoms with Crippen LogP contribution in [-0.4, -0.2) is 43.1 Å². The molecule has 0 radical (unpaired) electrons. The molecular weight excluding hydrogens is 294 g/mol. The van der Waals surface area contributed by atoms with Crippen LogP contribution in [0.15, 0.2) is 24.3 Å². The first-order chi connectivity index (χ1) is 11.1. The first kappa shape index (κ1) is 16.8. The Balaban J connectivity index is 1.71. The molecule has 0 atom stereocenters. The Bertz CT molecular complexity index is 584. The van der Waals surface area contributed by atoms with Crippen molar-refractivity contribution in [3.8, 4) is 6.07 Å². The molecule has 0 spiro atoms. The molecule has 1 N–H and O–H groups in total. The van der Waals surface area contributed by atoms with Crippen molar-refractivity contribution in [3.05, 3.63) is 35.4 Å². The second kappa shape index (κ2) is 8.18. The summed E-state index contributed by atoms with van der Waals surface area (Å²) in [5.41, 5.74) is 1.66. The maximum Gasteiger partial charge on any atom is 0.409 e. The number of hydrogen-bond donors (Lipinski definition) is 1. The van der Waals surface area contributed by atoms with E-state index in [4.69, 9.17) is 5.26 Å². The van der Waals surface area contributed by atoms with Crippen LogP contribution in [0, 0.1) is 11.3 Å². The maximum atomic E-state index is 12.0. The van der Waals surface area contributed by atoms with E-state index in [1.54, 1.807) is 17.0 Å². The molecule has 2 rings (SSSR count). The van der Waals surface area contributed by atoms with Crippen molar-refractivity contribution in [1.82, 2.24) is 10.2 Å². The standard InChI is InChI=1S/C17H21N3O3/c1-23-17(22)20-10-8-15(9-11-20)19-16(21)7-6-13-2-4-14(12-18)5-3-13/h2-5,15H,6-11H2,1H3,(H,19,21). The quantitative estimate of drug-likeness (QED) is 0.919. The van der Waals surface area contributed by atoms with Crippen LogP contribution in [0.3, 0.4) is 0 Å². The maximum absolute atomic E-state index is 12.0. The number of carbonyl (C=O) groups excluding carboxylic acids is 2. The van der Waals surface area contributed by atoms with E-state index >= 15 is 0 Å². The van der Waals surface area contributed by atoms with Gasteiger partial charge in [-0.1, -0.05) is 12.1 Å². The number of ether oxygens (including phenoxy) is 1. The van der Waals surface area contributed by atoms with Crippen molar-refractivity contribution < 1.29 is 14.3 Å². The average Bonchev–Trinajstić information content (AvgIpc) is 2.60. The van der Waals surface area contributed by atoms with Gasteiger partial charge in [0, 0.05) is 25.6 Å². The summed E-state index contributed by atoms with van der Waals surface area (Å²) in [4.78, 5) is 25.1. The van der Waals surface area contributed by atoms with Gasteiger partial charge >= 0.3 is 6.09 Å². The molecule has 23 heavy (non-hydrogen) atoms. The second-order valence-electron chi connectivity index (χ2n) is 5.61. The molecule has 1 aromatic rings. The van der Waals surface area contributed by atoms with E-state index in [-0.39, 0.29) is 18.0 Å². The number of aryl methyl sites for hydroxylation is 1. The van der Waals surface area contributed by atoms with E-state index in [0.29, 0.717) is 31.5 Å². The van der Waals surface area contributed by atoms with Crippen LogP contribution in [0.5, 0.6) is 0 Å². The molecule has 1 aliphatic rings. The summed E-state index contributed by atoms with van der Waals surface area (Å²) < 4.78 is 4.69. The summed E-state index contributed by atoms with van der Waals surface area (Å²) in [7, 11) is 1.37. The molecule has 6 nitrogen and oxygen atoms in total. The van der Waals surface area contributed by atoms with E-state index in [1.807, 2.05) is 12.1 Å². The molecule has 0 saturated carbocycles. The van der Waals surface area contributed by atoms with Crippen molar-refractivity contribution in [2.45, 2.75) is 31.7 Å². The second-order valence-corrected chi connectivity index (χ2v) is 5.61. The number of rotatable bonds is 4. The van der Waals surface area contributed by atoms with Gasteiger partial charge in [-0.25, -0.2) is 4.79 Å². The van der Waals surface area contributed by atoms with Crippen LogP contribution >= 0.6 is 0 Å². The summed E-state index contributed by atoms with van der Waals surface area (Å²) in [6.45, 7) is 1.21. The Hall–Kier alpha value is -2.55. The van der Waals surface area contributed by atoms with Crippen LogP contribution in [0.1, 0.15) is 30.4 Å². The lowest BCUT2D eigenvalue weighted by Gasteiger charge is -2.31. The smallest absolute Gasteiger partial charge is 0.409 e. The Labute approximate surface area is 136 Å². The number of carbonyl (C=O) groups is 2. The van der Waals surface area contributed by atoms with Crippen molar-refractivity contribution in [1.29, 1.82) is 5.26 Å². The largest absolute Gasteiger partial charge is 0.453 e. The van der Waals surface area contributed by atoms with Crippen molar-refractivity contribution in [2.75, 3.05) is 20.2 Å². The molecule has 0 aromatic heterocycles. The highest BCUT2D eigenvalue weighted by Gasteiger charge is 2.23. The zero-order valence-corrected chi connectivity index (χ0v) is 13.2. The Morgan fingerprint density at radius 3 is 2.52 bits per heavy atom. The Kier molecular flexibility index (Phi) is 5.98. The fraction of sp³-hybridized carbons (Fsp3) is 0.471. The third kappa shape index (κ3) is 4.99. The number of likely N-dealkylation sites (tertiary alicyclic amines) is 1. The monoisotopic (exact) mass is 315 g/mol. The Morgan fingerprint density at radius 2 is 1.96 bits per heavy atom. The van der Waals surface area contributed by atoms with E-state index in [1.165, 1.54) is 7.11 Å². The molecule has 122 valence electrons. The number of nitrogens with zero attached hydrogens (tertiary/aromatic N) is 2. The van der Waals surface area contributed by atoms with Gasteiger partial charge in [-0.3, -0.25) is 4.79 Å². The predicted octanol–water partition coefficient (Wildman–Crippen LogP) is 1.84. The number of amides is 2. The molecule has 0 bridgehead atoms. The molecule has 1 fully saturated rings. The normalized spacial score (nSPS) is 14.9. The minimum atomic E-state index is -0.310. The molecule has 2 amide bonds. The fourth-order valence-electron chi connectivity index (χ4n) is 2.64. The van der Waals surface area contributed by atoms with Crippen molar-refractivity contribution in [2.24, 2.45) is 0 Å². The highest BCUT2D eigenvalue weighted by molar-refractivity contribution is 5.76. The van der Waals surface area contributed by atoms with Crippen LogP contribution < -0.4 is 5.32 Å². The predicted molar refractivity (Wildman–Crippen MR) is 84.6 cm³/mol. The first-order valence-electron chi connectivity index (χ1n) is 7.73. The number of methoxy groups -OCH3 is 1. The highest BCUT2D eigenvalue weighted by atomic mass is 16.5. The number of benzene rings is 1. The van der Waals surface area contributed by atoms with Gasteiger partial charge in [0.2, 0.25) is 5.91 Å². The van der Waals surface area contributed by atoms with Crippen LogP contribution in [-0.2, 0) is 16.0 Å². The molecule has 1 aromatic carbocycles. The summed E-state index contributed by atoms with van der Waals surface area (Å²) in [6.07, 6.45) is 2.26. The summed E-state index contributed by atoms with van der Waals surface area (Å²) in [6, 6.07) is 9.46. The average molecular weight is 315 g/mol. The molecule has 6 heteroatoms. The minimum absolute atomic E-state index is 0.0193. The lowest BCUT2D eigenvalue weighted by Crippen LogP contribution is -2.46. The number of hydrogen-bond acceptors (Lipinski definition) is 4. The van der Waals surface area contributed by atoms with E-state index in [0.717, 1.165) is 18.4 Å². The van der Waals surface area contributed by atoms with Gasteiger partial charge in [-0.05, 0) is 37.0 Å². The van der Waals surface area contributed by atoms with Gasteiger partial charge in [-0.15, -0.1) is 0 Å². The molecule has 1 saturated heterocycles. The number of nitrogens with one attached hydrogen (secondary N) is 1. The third-order valence-corrected chi connectivity index (χ3v) is 4.02. The molecule has 1 heterocycles. The molecule has 0 unspecified atom stereocenters. The lowest BCUT2D eigenvalue weighted by atomic mass is 10.0. The van der Waals surface area contributed by atoms with Crippen molar-refractivity contribution in [3.63, 3.8) is 0 Å². The topological polar surface area (TPSA) is 82.4 Å². The van der Waals surface area contributed by atoms with Crippen LogP contribution in [0.25, 0.3) is 0 Å². The minimum Gasteiger partial charge on any atom is -0.453 e. The fourth-order valence-corrected chi connectivity index (χ4v) is 2.64. The van der Waals surface area contributed by atoms with E-state index in [9.17, 15) is 9.59 Å². The lowest BCUT2D eigenvalue weighted by molar-refractivity contribution is -0.122. The van der Waals surface area contributed by atoms with E-state index in [2.05, 4.69) is 16.1 Å². The molecule has 0 aliphatic carbocycles. The van der Waals surface area contributed by atoms with Gasteiger partial charge in [0.15, 0.2) is 0 Å². The molecule has 1 aliphatic heterocycles. The van der Waals surface area contributed by atoms with Gasteiger partial charge in [0.25, 0.3) is 0 Å². The third-order valence-electron chi connectivity index (χ3n) is 4.02. The van der Waals surface area contributed by atoms with Gasteiger partial charge in [-0.2, -0.15) is 5.26 Å². The first-order valence-corrected chi connectivity index (χ1v) is 7.73. The zero-order valence-electron chi connectivity index (χ0n) is 13.2. The zero-order chi connectivity index (χ0) is 16.7. The SMILES string of the molecule is COC(=O)N1CCC(NC(=O)CCc2ccc(C#N)cc2)CC1. The summed E-state index contributed by atoms with van der Waals surface area (Å²) in [5, 5.41) is 11.8. The van der Waals surface area contributed by atoms with Crippen LogP contribution in [0.2, 0.25) is 0 Å². The molecular formula is C17H21N3O3. The van der Waals surface area contributed by atoms with Gasteiger partial charge in [0.05, 0.1) is 18.7 Å². The van der Waals surface area contributed by atoms with Crippen LogP contribution in [0.4, 0.5) is 4.79 Å². The summed E-state index contributed by atoms with van der Waals surface area (Å²) in [5.74, 6) is 0.0193. The number of piperidine rings is 1. The van der Waals surface area contributed by atoms with Gasteiger partial charge < -0.3 is 15.0 Å². The Morgan fingerprint density at radius 1 is 1.30 bits per heavy atom. The summed E-state index contributed by atoms with van der Waals surface area (Å²) >= 11 is 0. The highest BCUT2D eigenvalue weighted by Crippen LogP contribution is 2.12. The van der Waals surface area contributed by atoms with Crippen molar-refractivity contribution >= 4 is 12.0 Å².